The van der Waals surface area contributed by atoms with E-state index in [4.69, 9.17) is 14.5 Å². The minimum absolute atomic E-state index is 0.761. The standard InChI is InChI=1S/C25H19NO2/c1-27-18-12-17(13-19(14-18)28-2)23-15-24-20-7-4-3-6-16(20)9-10-21(24)22-8-5-11-26-25(22)23/h3-15H,1-2H3. The zero-order valence-electron chi connectivity index (χ0n) is 15.8. The van der Waals surface area contributed by atoms with Gasteiger partial charge in [0.05, 0.1) is 19.7 Å². The van der Waals surface area contributed by atoms with Crippen molar-refractivity contribution >= 4 is 32.4 Å². The van der Waals surface area contributed by atoms with Crippen LogP contribution in [0.1, 0.15) is 0 Å². The van der Waals surface area contributed by atoms with Gasteiger partial charge < -0.3 is 9.47 Å². The molecule has 4 aromatic carbocycles. The van der Waals surface area contributed by atoms with Gasteiger partial charge in [-0.2, -0.15) is 0 Å². The van der Waals surface area contributed by atoms with E-state index in [2.05, 4.69) is 48.5 Å². The highest BCUT2D eigenvalue weighted by Gasteiger charge is 2.13. The molecule has 0 unspecified atom stereocenters. The van der Waals surface area contributed by atoms with Crippen molar-refractivity contribution in [1.29, 1.82) is 0 Å². The van der Waals surface area contributed by atoms with Crippen LogP contribution in [0.2, 0.25) is 0 Å². The molecule has 0 aliphatic heterocycles. The monoisotopic (exact) mass is 365 g/mol. The molecule has 0 aliphatic carbocycles. The van der Waals surface area contributed by atoms with Gasteiger partial charge in [0.15, 0.2) is 0 Å². The number of hydrogen-bond donors (Lipinski definition) is 0. The second-order valence-electron chi connectivity index (χ2n) is 6.81. The molecule has 1 heterocycles. The minimum Gasteiger partial charge on any atom is -0.497 e. The van der Waals surface area contributed by atoms with Crippen molar-refractivity contribution in [3.05, 3.63) is 79.0 Å². The molecule has 0 saturated carbocycles. The lowest BCUT2D eigenvalue weighted by molar-refractivity contribution is 0.394. The molecule has 1 aromatic heterocycles. The number of benzene rings is 4. The highest BCUT2D eigenvalue weighted by molar-refractivity contribution is 6.20. The van der Waals surface area contributed by atoms with Gasteiger partial charge in [-0.3, -0.25) is 4.98 Å². The maximum Gasteiger partial charge on any atom is 0.123 e. The quantitative estimate of drug-likeness (QED) is 0.355. The van der Waals surface area contributed by atoms with Gasteiger partial charge in [0, 0.05) is 23.2 Å². The third-order valence-electron chi connectivity index (χ3n) is 5.27. The summed E-state index contributed by atoms with van der Waals surface area (Å²) in [5, 5.41) is 6.03. The van der Waals surface area contributed by atoms with Gasteiger partial charge >= 0.3 is 0 Å². The molecule has 28 heavy (non-hydrogen) atoms. The predicted molar refractivity (Wildman–Crippen MR) is 115 cm³/mol. The highest BCUT2D eigenvalue weighted by atomic mass is 16.5. The molecule has 0 N–H and O–H groups in total. The van der Waals surface area contributed by atoms with Gasteiger partial charge in [-0.15, -0.1) is 0 Å². The first-order chi connectivity index (χ1) is 13.8. The van der Waals surface area contributed by atoms with Crippen LogP contribution in [-0.4, -0.2) is 19.2 Å². The second kappa shape index (κ2) is 6.54. The Morgan fingerprint density at radius 1 is 0.643 bits per heavy atom. The third kappa shape index (κ3) is 2.55. The average Bonchev–Trinajstić information content (AvgIpc) is 2.77. The minimum atomic E-state index is 0.761. The Balaban J connectivity index is 1.94. The Labute approximate surface area is 163 Å². The summed E-state index contributed by atoms with van der Waals surface area (Å²) in [6.07, 6.45) is 1.84. The van der Waals surface area contributed by atoms with E-state index in [1.165, 1.54) is 21.5 Å². The fourth-order valence-corrected chi connectivity index (χ4v) is 3.92. The van der Waals surface area contributed by atoms with Crippen LogP contribution in [0.25, 0.3) is 43.6 Å². The zero-order valence-corrected chi connectivity index (χ0v) is 15.8. The van der Waals surface area contributed by atoms with Crippen LogP contribution in [0.15, 0.2) is 79.0 Å². The molecule has 0 fully saturated rings. The largest absolute Gasteiger partial charge is 0.497 e. The summed E-state index contributed by atoms with van der Waals surface area (Å²) in [5.74, 6) is 1.52. The van der Waals surface area contributed by atoms with Crippen LogP contribution in [0.5, 0.6) is 11.5 Å². The number of rotatable bonds is 3. The molecule has 0 bridgehead atoms. The van der Waals surface area contributed by atoms with E-state index in [1.54, 1.807) is 14.2 Å². The summed E-state index contributed by atoms with van der Waals surface area (Å²) in [4.78, 5) is 4.72. The molecule has 0 spiro atoms. The molecule has 0 radical (unpaired) electrons. The summed E-state index contributed by atoms with van der Waals surface area (Å²) >= 11 is 0. The van der Waals surface area contributed by atoms with Gasteiger partial charge in [0.25, 0.3) is 0 Å². The summed E-state index contributed by atoms with van der Waals surface area (Å²) in [5.41, 5.74) is 3.06. The Kier molecular flexibility index (Phi) is 3.87. The van der Waals surface area contributed by atoms with Crippen LogP contribution in [-0.2, 0) is 0 Å². The van der Waals surface area contributed by atoms with Crippen molar-refractivity contribution in [3.8, 4) is 22.6 Å². The van der Waals surface area contributed by atoms with E-state index in [1.807, 2.05) is 30.5 Å². The lowest BCUT2D eigenvalue weighted by atomic mass is 9.93. The van der Waals surface area contributed by atoms with Gasteiger partial charge in [-0.25, -0.2) is 0 Å². The second-order valence-corrected chi connectivity index (χ2v) is 6.81. The molecular weight excluding hydrogens is 346 g/mol. The van der Waals surface area contributed by atoms with E-state index in [0.717, 1.165) is 33.5 Å². The molecule has 5 rings (SSSR count). The first kappa shape index (κ1) is 16.6. The van der Waals surface area contributed by atoms with Crippen LogP contribution < -0.4 is 9.47 Å². The van der Waals surface area contributed by atoms with Crippen LogP contribution in [0.4, 0.5) is 0 Å². The van der Waals surface area contributed by atoms with Crippen LogP contribution in [0, 0.1) is 0 Å². The van der Waals surface area contributed by atoms with Gasteiger partial charge in [0.2, 0.25) is 0 Å². The van der Waals surface area contributed by atoms with Crippen molar-refractivity contribution in [2.45, 2.75) is 0 Å². The molecule has 0 saturated heterocycles. The van der Waals surface area contributed by atoms with Crippen molar-refractivity contribution in [2.24, 2.45) is 0 Å². The SMILES string of the molecule is COc1cc(OC)cc(-c2cc3c4ccccc4ccc3c3cccnc23)c1. The third-order valence-corrected chi connectivity index (χ3v) is 5.27. The number of hydrogen-bond acceptors (Lipinski definition) is 3. The lowest BCUT2D eigenvalue weighted by Gasteiger charge is -2.14. The van der Waals surface area contributed by atoms with Crippen molar-refractivity contribution < 1.29 is 9.47 Å². The van der Waals surface area contributed by atoms with Gasteiger partial charge in [-0.1, -0.05) is 42.5 Å². The molecule has 0 atom stereocenters. The molecule has 0 amide bonds. The maximum absolute atomic E-state index is 5.49. The molecule has 3 nitrogen and oxygen atoms in total. The van der Waals surface area contributed by atoms with Crippen molar-refractivity contribution in [3.63, 3.8) is 0 Å². The number of aromatic nitrogens is 1. The van der Waals surface area contributed by atoms with Crippen molar-refractivity contribution in [2.75, 3.05) is 14.2 Å². The molecule has 5 aromatic rings. The zero-order chi connectivity index (χ0) is 19.1. The summed E-state index contributed by atoms with van der Waals surface area (Å²) in [6, 6.07) is 25.2. The summed E-state index contributed by atoms with van der Waals surface area (Å²) in [7, 11) is 3.34. The average molecular weight is 365 g/mol. The predicted octanol–water partition coefficient (Wildman–Crippen LogP) is 6.23. The normalized spacial score (nSPS) is 11.2. The topological polar surface area (TPSA) is 31.4 Å². The number of pyridine rings is 1. The van der Waals surface area contributed by atoms with E-state index in [9.17, 15) is 0 Å². The molecular formula is C25H19NO2. The Bertz CT molecular complexity index is 1320. The first-order valence-corrected chi connectivity index (χ1v) is 9.21. The number of methoxy groups -OCH3 is 2. The van der Waals surface area contributed by atoms with Crippen LogP contribution in [0.3, 0.4) is 0 Å². The number of nitrogens with zero attached hydrogens (tertiary/aromatic N) is 1. The van der Waals surface area contributed by atoms with E-state index >= 15 is 0 Å². The van der Waals surface area contributed by atoms with Gasteiger partial charge in [-0.05, 0) is 51.4 Å². The lowest BCUT2D eigenvalue weighted by Crippen LogP contribution is -1.91. The van der Waals surface area contributed by atoms with Gasteiger partial charge in [0.1, 0.15) is 11.5 Å². The fraction of sp³-hybridized carbons (Fsp3) is 0.0800. The fourth-order valence-electron chi connectivity index (χ4n) is 3.92. The smallest absolute Gasteiger partial charge is 0.123 e. The van der Waals surface area contributed by atoms with E-state index in [0.29, 0.717) is 0 Å². The Morgan fingerprint density at radius 3 is 2.18 bits per heavy atom. The van der Waals surface area contributed by atoms with E-state index in [-0.39, 0.29) is 0 Å². The summed E-state index contributed by atoms with van der Waals surface area (Å²) in [6.45, 7) is 0. The first-order valence-electron chi connectivity index (χ1n) is 9.21. The number of ether oxygens (including phenoxy) is 2. The molecule has 0 aliphatic rings. The number of fused-ring (bicyclic) bond motifs is 5. The highest BCUT2D eigenvalue weighted by Crippen LogP contribution is 2.39. The molecule has 136 valence electrons. The Hall–Kier alpha value is -3.59. The molecule has 3 heteroatoms. The van der Waals surface area contributed by atoms with Crippen LogP contribution >= 0.6 is 0 Å². The Morgan fingerprint density at radius 2 is 1.39 bits per heavy atom. The van der Waals surface area contributed by atoms with Crippen molar-refractivity contribution in [1.82, 2.24) is 4.98 Å². The maximum atomic E-state index is 5.49. The summed E-state index contributed by atoms with van der Waals surface area (Å²) < 4.78 is 11.0. The van der Waals surface area contributed by atoms with E-state index < -0.39 is 0 Å².